The Morgan fingerprint density at radius 2 is 1.25 bits per heavy atom. The second kappa shape index (κ2) is 5.60. The Balaban J connectivity index is 2.15. The van der Waals surface area contributed by atoms with Crippen molar-refractivity contribution in [3.05, 3.63) is 82.9 Å². The van der Waals surface area contributed by atoms with Crippen LogP contribution in [0.25, 0.3) is 0 Å². The average Bonchev–Trinajstić information content (AvgIpc) is 2.52. The zero-order chi connectivity index (χ0) is 14.0. The quantitative estimate of drug-likeness (QED) is 0.549. The molecule has 0 unspecified atom stereocenters. The van der Waals surface area contributed by atoms with Gasteiger partial charge in [0.1, 0.15) is 0 Å². The number of hydrogen-bond donors (Lipinski definition) is 0. The van der Waals surface area contributed by atoms with E-state index in [2.05, 4.69) is 74.5 Å². The topological polar surface area (TPSA) is 0 Å². The van der Waals surface area contributed by atoms with E-state index in [0.29, 0.717) is 15.0 Å². The van der Waals surface area contributed by atoms with Crippen LogP contribution in [0, 0.1) is 0 Å². The van der Waals surface area contributed by atoms with E-state index >= 15 is 0 Å². The SMILES string of the molecule is CC1=C(C)CC(c2ccccc2)(c2ccccc2)[Se]C1. The van der Waals surface area contributed by atoms with Crippen LogP contribution in [0.4, 0.5) is 0 Å². The molecule has 0 nitrogen and oxygen atoms in total. The molecule has 1 aliphatic heterocycles. The molecule has 0 N–H and O–H groups in total. The molecule has 0 amide bonds. The van der Waals surface area contributed by atoms with Gasteiger partial charge in [-0.25, -0.2) is 0 Å². The average molecular weight is 327 g/mol. The summed E-state index contributed by atoms with van der Waals surface area (Å²) in [5, 5.41) is 1.27. The zero-order valence-corrected chi connectivity index (χ0v) is 13.8. The molecular formula is C19H20Se. The molecule has 0 fully saturated rings. The van der Waals surface area contributed by atoms with Gasteiger partial charge >= 0.3 is 128 Å². The Bertz CT molecular complexity index is 571. The van der Waals surface area contributed by atoms with Gasteiger partial charge < -0.3 is 0 Å². The van der Waals surface area contributed by atoms with Crippen LogP contribution in [0.1, 0.15) is 31.4 Å². The van der Waals surface area contributed by atoms with Crippen LogP contribution in [0.15, 0.2) is 71.8 Å². The van der Waals surface area contributed by atoms with Gasteiger partial charge in [-0.2, -0.15) is 0 Å². The summed E-state index contributed by atoms with van der Waals surface area (Å²) in [7, 11) is 0. The molecule has 2 aromatic carbocycles. The molecule has 102 valence electrons. The maximum absolute atomic E-state index is 2.31. The third-order valence-electron chi connectivity index (χ3n) is 4.26. The molecule has 0 atom stereocenters. The Morgan fingerprint density at radius 3 is 1.70 bits per heavy atom. The first-order valence-corrected chi connectivity index (χ1v) is 9.19. The molecule has 0 spiro atoms. The van der Waals surface area contributed by atoms with Gasteiger partial charge in [0.05, 0.1) is 0 Å². The van der Waals surface area contributed by atoms with E-state index in [1.54, 1.807) is 11.1 Å². The summed E-state index contributed by atoms with van der Waals surface area (Å²) in [5.74, 6) is 0. The minimum atomic E-state index is 0.221. The summed E-state index contributed by atoms with van der Waals surface area (Å²) in [6.45, 7) is 4.61. The second-order valence-corrected chi connectivity index (χ2v) is 8.26. The molecule has 20 heavy (non-hydrogen) atoms. The van der Waals surface area contributed by atoms with Gasteiger partial charge in [0, 0.05) is 0 Å². The third-order valence-corrected chi connectivity index (χ3v) is 7.80. The number of benzene rings is 2. The number of rotatable bonds is 2. The summed E-state index contributed by atoms with van der Waals surface area (Å²) in [4.78, 5) is 0. The molecule has 0 saturated carbocycles. The van der Waals surface area contributed by atoms with Crippen LogP contribution < -0.4 is 0 Å². The molecule has 3 rings (SSSR count). The van der Waals surface area contributed by atoms with E-state index in [1.165, 1.54) is 22.9 Å². The van der Waals surface area contributed by atoms with Crippen molar-refractivity contribution in [3.8, 4) is 0 Å². The first-order chi connectivity index (χ1) is 9.72. The van der Waals surface area contributed by atoms with Crippen molar-refractivity contribution in [1.82, 2.24) is 0 Å². The monoisotopic (exact) mass is 328 g/mol. The van der Waals surface area contributed by atoms with Gasteiger partial charge in [-0.15, -0.1) is 0 Å². The van der Waals surface area contributed by atoms with Gasteiger partial charge in [-0.3, -0.25) is 0 Å². The Labute approximate surface area is 128 Å². The zero-order valence-electron chi connectivity index (χ0n) is 12.1. The Kier molecular flexibility index (Phi) is 3.83. The van der Waals surface area contributed by atoms with E-state index in [-0.39, 0.29) is 4.31 Å². The summed E-state index contributed by atoms with van der Waals surface area (Å²) >= 11 is 0.569. The van der Waals surface area contributed by atoms with Crippen LogP contribution >= 0.6 is 0 Å². The number of hydrogen-bond acceptors (Lipinski definition) is 0. The molecule has 0 aromatic heterocycles. The van der Waals surface area contributed by atoms with Gasteiger partial charge in [0.15, 0.2) is 0 Å². The fourth-order valence-electron chi connectivity index (χ4n) is 2.88. The minimum absolute atomic E-state index is 0.221. The second-order valence-electron chi connectivity index (χ2n) is 5.59. The molecule has 0 radical (unpaired) electrons. The molecule has 1 aliphatic rings. The standard InChI is InChI=1S/C19H20Se/c1-15-13-19(20-14-16(15)2,17-9-5-3-6-10-17)18-11-7-4-8-12-18/h3-12H,13-14H2,1-2H3. The van der Waals surface area contributed by atoms with Crippen molar-refractivity contribution < 1.29 is 0 Å². The molecule has 0 saturated heterocycles. The van der Waals surface area contributed by atoms with Gasteiger partial charge in [-0.1, -0.05) is 0 Å². The van der Waals surface area contributed by atoms with Gasteiger partial charge in [-0.05, 0) is 0 Å². The summed E-state index contributed by atoms with van der Waals surface area (Å²) in [5.41, 5.74) is 6.15. The van der Waals surface area contributed by atoms with Crippen LogP contribution in [0.2, 0.25) is 5.32 Å². The maximum atomic E-state index is 2.31. The van der Waals surface area contributed by atoms with E-state index in [1.807, 2.05) is 0 Å². The van der Waals surface area contributed by atoms with Crippen molar-refractivity contribution in [1.29, 1.82) is 0 Å². The van der Waals surface area contributed by atoms with Crippen molar-refractivity contribution in [2.45, 2.75) is 29.9 Å². The van der Waals surface area contributed by atoms with Gasteiger partial charge in [0.2, 0.25) is 0 Å². The van der Waals surface area contributed by atoms with Crippen molar-refractivity contribution >= 4 is 15.0 Å². The molecule has 0 aliphatic carbocycles. The molecule has 1 heteroatoms. The van der Waals surface area contributed by atoms with Crippen molar-refractivity contribution in [2.75, 3.05) is 0 Å². The molecular weight excluding hydrogens is 307 g/mol. The predicted octanol–water partition coefficient (Wildman–Crippen LogP) is 4.79. The Hall–Kier alpha value is -1.30. The van der Waals surface area contributed by atoms with Crippen LogP contribution in [0.5, 0.6) is 0 Å². The van der Waals surface area contributed by atoms with E-state index in [9.17, 15) is 0 Å². The summed E-state index contributed by atoms with van der Waals surface area (Å²) < 4.78 is 0.221. The Morgan fingerprint density at radius 1 is 0.750 bits per heavy atom. The first-order valence-electron chi connectivity index (χ1n) is 7.12. The molecule has 0 bridgehead atoms. The normalized spacial score (nSPS) is 18.1. The van der Waals surface area contributed by atoms with E-state index in [0.717, 1.165) is 0 Å². The third kappa shape index (κ3) is 2.37. The summed E-state index contributed by atoms with van der Waals surface area (Å²) in [6.07, 6.45) is 1.17. The molecule has 1 heterocycles. The van der Waals surface area contributed by atoms with E-state index < -0.39 is 0 Å². The van der Waals surface area contributed by atoms with Crippen molar-refractivity contribution in [3.63, 3.8) is 0 Å². The molecule has 2 aromatic rings. The first kappa shape index (κ1) is 13.7. The van der Waals surface area contributed by atoms with Crippen LogP contribution in [-0.4, -0.2) is 15.0 Å². The number of allylic oxidation sites excluding steroid dienone is 2. The fourth-order valence-corrected chi connectivity index (χ4v) is 6.31. The van der Waals surface area contributed by atoms with Gasteiger partial charge in [0.25, 0.3) is 0 Å². The summed E-state index contributed by atoms with van der Waals surface area (Å²) in [6, 6.07) is 22.2. The van der Waals surface area contributed by atoms with Crippen LogP contribution in [0.3, 0.4) is 0 Å². The fraction of sp³-hybridized carbons (Fsp3) is 0.263. The van der Waals surface area contributed by atoms with E-state index in [4.69, 9.17) is 0 Å². The van der Waals surface area contributed by atoms with Crippen LogP contribution in [-0.2, 0) is 4.31 Å². The predicted molar refractivity (Wildman–Crippen MR) is 87.2 cm³/mol. The van der Waals surface area contributed by atoms with Crippen molar-refractivity contribution in [2.24, 2.45) is 0 Å².